The van der Waals surface area contributed by atoms with Gasteiger partial charge in [0.1, 0.15) is 0 Å². The highest BCUT2D eigenvalue weighted by Gasteiger charge is 1.99. The van der Waals surface area contributed by atoms with E-state index in [9.17, 15) is 4.79 Å². The van der Waals surface area contributed by atoms with Gasteiger partial charge in [0.05, 0.1) is 6.61 Å². The normalized spacial score (nSPS) is 9.43. The second kappa shape index (κ2) is 5.07. The van der Waals surface area contributed by atoms with Crippen LogP contribution in [0.1, 0.15) is 5.56 Å². The Bertz CT molecular complexity index is 334. The lowest BCUT2D eigenvalue weighted by Gasteiger charge is -2.04. The maximum atomic E-state index is 10.7. The maximum Gasteiger partial charge on any atom is 0.330 e. The first-order valence-corrected chi connectivity index (χ1v) is 4.36. The highest BCUT2D eigenvalue weighted by atomic mass is 16.5. The first-order chi connectivity index (χ1) is 6.74. The maximum absolute atomic E-state index is 10.7. The molecule has 0 aliphatic rings. The lowest BCUT2D eigenvalue weighted by atomic mass is 10.1. The number of hydrogen-bond donors (Lipinski definition) is 1. The summed E-state index contributed by atoms with van der Waals surface area (Å²) in [6.07, 6.45) is 1.78. The molecule has 0 aliphatic carbocycles. The fraction of sp³-hybridized carbons (Fsp3) is 0.182. The van der Waals surface area contributed by atoms with Crippen LogP contribution in [0.4, 0.5) is 5.69 Å². The summed E-state index contributed by atoms with van der Waals surface area (Å²) < 4.78 is 4.84. The summed E-state index contributed by atoms with van der Waals surface area (Å²) in [5.74, 6) is -0.403. The van der Waals surface area contributed by atoms with Crippen molar-refractivity contribution in [3.63, 3.8) is 0 Å². The van der Waals surface area contributed by atoms with Crippen LogP contribution in [-0.4, -0.2) is 12.6 Å². The minimum Gasteiger partial charge on any atom is -0.462 e. The van der Waals surface area contributed by atoms with E-state index in [4.69, 9.17) is 10.5 Å². The molecule has 0 saturated heterocycles. The van der Waals surface area contributed by atoms with Crippen LogP contribution in [0.5, 0.6) is 0 Å². The van der Waals surface area contributed by atoms with Gasteiger partial charge in [-0.1, -0.05) is 24.8 Å². The molecule has 74 valence electrons. The molecule has 0 fully saturated rings. The van der Waals surface area contributed by atoms with E-state index in [1.165, 1.54) is 0 Å². The zero-order chi connectivity index (χ0) is 10.4. The van der Waals surface area contributed by atoms with Crippen LogP contribution in [0, 0.1) is 0 Å². The number of carbonyl (C=O) groups excluding carboxylic acids is 1. The fourth-order valence-electron chi connectivity index (χ4n) is 1.08. The van der Waals surface area contributed by atoms with Gasteiger partial charge in [0, 0.05) is 18.2 Å². The summed E-state index contributed by atoms with van der Waals surface area (Å²) in [6, 6.07) is 7.51. The molecular weight excluding hydrogens is 178 g/mol. The number of esters is 1. The molecule has 0 unspecified atom stereocenters. The Labute approximate surface area is 83.2 Å². The predicted octanol–water partition coefficient (Wildman–Crippen LogP) is 1.54. The van der Waals surface area contributed by atoms with Crippen LogP contribution in [-0.2, 0) is 16.0 Å². The van der Waals surface area contributed by atoms with Crippen LogP contribution < -0.4 is 5.73 Å². The van der Waals surface area contributed by atoms with E-state index in [1.807, 2.05) is 24.3 Å². The van der Waals surface area contributed by atoms with Gasteiger partial charge in [-0.05, 0) is 11.6 Å². The molecule has 0 amide bonds. The largest absolute Gasteiger partial charge is 0.462 e. The number of nitrogen functional groups attached to an aromatic ring is 1. The summed E-state index contributed by atoms with van der Waals surface area (Å²) in [5.41, 5.74) is 7.42. The van der Waals surface area contributed by atoms with E-state index >= 15 is 0 Å². The molecule has 3 heteroatoms. The number of nitrogens with two attached hydrogens (primary N) is 1. The van der Waals surface area contributed by atoms with E-state index in [-0.39, 0.29) is 0 Å². The first kappa shape index (κ1) is 10.3. The first-order valence-electron chi connectivity index (χ1n) is 4.36. The lowest BCUT2D eigenvalue weighted by Crippen LogP contribution is -2.05. The molecule has 0 spiro atoms. The molecule has 1 aromatic rings. The third-order valence-electron chi connectivity index (χ3n) is 1.84. The zero-order valence-electron chi connectivity index (χ0n) is 7.90. The average Bonchev–Trinajstić information content (AvgIpc) is 2.20. The Kier molecular flexibility index (Phi) is 3.73. The Balaban J connectivity index is 2.42. The Hall–Kier alpha value is -1.77. The van der Waals surface area contributed by atoms with Gasteiger partial charge in [0.15, 0.2) is 0 Å². The molecule has 14 heavy (non-hydrogen) atoms. The topological polar surface area (TPSA) is 52.3 Å². The molecule has 2 N–H and O–H groups in total. The molecule has 0 bridgehead atoms. The van der Waals surface area contributed by atoms with Gasteiger partial charge in [-0.25, -0.2) is 4.79 Å². The average molecular weight is 191 g/mol. The summed E-state index contributed by atoms with van der Waals surface area (Å²) >= 11 is 0. The molecule has 0 atom stereocenters. The third kappa shape index (κ3) is 2.94. The molecule has 0 radical (unpaired) electrons. The number of ether oxygens (including phenoxy) is 1. The van der Waals surface area contributed by atoms with E-state index in [0.717, 1.165) is 17.3 Å². The zero-order valence-corrected chi connectivity index (χ0v) is 7.90. The Morgan fingerprint density at radius 1 is 1.50 bits per heavy atom. The van der Waals surface area contributed by atoms with E-state index in [2.05, 4.69) is 6.58 Å². The Morgan fingerprint density at radius 2 is 2.21 bits per heavy atom. The quantitative estimate of drug-likeness (QED) is 0.446. The second-order valence-electron chi connectivity index (χ2n) is 2.82. The van der Waals surface area contributed by atoms with Crippen molar-refractivity contribution < 1.29 is 9.53 Å². The van der Waals surface area contributed by atoms with Crippen LogP contribution in [0.25, 0.3) is 0 Å². The number of para-hydroxylation sites is 1. The van der Waals surface area contributed by atoms with Crippen molar-refractivity contribution in [3.05, 3.63) is 42.5 Å². The molecule has 1 aromatic carbocycles. The highest BCUT2D eigenvalue weighted by molar-refractivity contribution is 5.81. The number of carbonyl (C=O) groups is 1. The number of hydrogen-bond acceptors (Lipinski definition) is 3. The fourth-order valence-corrected chi connectivity index (χ4v) is 1.08. The second-order valence-corrected chi connectivity index (χ2v) is 2.82. The standard InChI is InChI=1S/C11H13NO2/c1-2-11(13)14-8-7-9-5-3-4-6-10(9)12/h2-6H,1,7-8,12H2. The smallest absolute Gasteiger partial charge is 0.330 e. The molecule has 1 rings (SSSR count). The third-order valence-corrected chi connectivity index (χ3v) is 1.84. The van der Waals surface area contributed by atoms with Crippen molar-refractivity contribution in [1.29, 1.82) is 0 Å². The van der Waals surface area contributed by atoms with Crippen molar-refractivity contribution in [3.8, 4) is 0 Å². The lowest BCUT2D eigenvalue weighted by molar-refractivity contribution is -0.137. The van der Waals surface area contributed by atoms with Crippen LogP contribution in [0.3, 0.4) is 0 Å². The number of benzene rings is 1. The SMILES string of the molecule is C=CC(=O)OCCc1ccccc1N. The van der Waals surface area contributed by atoms with Gasteiger partial charge in [0.2, 0.25) is 0 Å². The van der Waals surface area contributed by atoms with Crippen LogP contribution in [0.2, 0.25) is 0 Å². The van der Waals surface area contributed by atoms with Crippen LogP contribution in [0.15, 0.2) is 36.9 Å². The molecule has 0 aromatic heterocycles. The van der Waals surface area contributed by atoms with Crippen LogP contribution >= 0.6 is 0 Å². The minimum absolute atomic E-state index is 0.332. The summed E-state index contributed by atoms with van der Waals surface area (Å²) in [4.78, 5) is 10.7. The van der Waals surface area contributed by atoms with Gasteiger partial charge in [-0.2, -0.15) is 0 Å². The van der Waals surface area contributed by atoms with Gasteiger partial charge in [0.25, 0.3) is 0 Å². The summed E-state index contributed by atoms with van der Waals surface area (Å²) in [7, 11) is 0. The Morgan fingerprint density at radius 3 is 2.86 bits per heavy atom. The van der Waals surface area contributed by atoms with E-state index in [1.54, 1.807) is 0 Å². The minimum atomic E-state index is -0.403. The summed E-state index contributed by atoms with van der Waals surface area (Å²) in [5, 5.41) is 0. The van der Waals surface area contributed by atoms with Gasteiger partial charge >= 0.3 is 5.97 Å². The van der Waals surface area contributed by atoms with Crippen molar-refractivity contribution in [2.75, 3.05) is 12.3 Å². The van der Waals surface area contributed by atoms with E-state index in [0.29, 0.717) is 13.0 Å². The van der Waals surface area contributed by atoms with Crippen molar-refractivity contribution >= 4 is 11.7 Å². The molecule has 3 nitrogen and oxygen atoms in total. The van der Waals surface area contributed by atoms with Crippen molar-refractivity contribution in [2.24, 2.45) is 0 Å². The number of anilines is 1. The summed E-state index contributed by atoms with van der Waals surface area (Å²) in [6.45, 7) is 3.64. The van der Waals surface area contributed by atoms with E-state index < -0.39 is 5.97 Å². The van der Waals surface area contributed by atoms with Gasteiger partial charge < -0.3 is 10.5 Å². The monoisotopic (exact) mass is 191 g/mol. The van der Waals surface area contributed by atoms with Crippen molar-refractivity contribution in [1.82, 2.24) is 0 Å². The highest BCUT2D eigenvalue weighted by Crippen LogP contribution is 2.10. The molecule has 0 saturated carbocycles. The van der Waals surface area contributed by atoms with Crippen molar-refractivity contribution in [2.45, 2.75) is 6.42 Å². The van der Waals surface area contributed by atoms with Gasteiger partial charge in [-0.3, -0.25) is 0 Å². The number of rotatable bonds is 4. The molecule has 0 aliphatic heterocycles. The molecular formula is C11H13NO2. The molecule has 0 heterocycles. The predicted molar refractivity (Wildman–Crippen MR) is 55.7 cm³/mol. The van der Waals surface area contributed by atoms with Gasteiger partial charge in [-0.15, -0.1) is 0 Å².